The second-order valence-electron chi connectivity index (χ2n) is 4.54. The first-order valence-electron chi connectivity index (χ1n) is 6.42. The number of methoxy groups -OCH3 is 1. The lowest BCUT2D eigenvalue weighted by atomic mass is 10.2. The molecule has 0 aliphatic rings. The van der Waals surface area contributed by atoms with Crippen molar-refractivity contribution in [1.29, 1.82) is 0 Å². The molecule has 1 amide bonds. The van der Waals surface area contributed by atoms with Gasteiger partial charge in [0.05, 0.1) is 17.8 Å². The lowest BCUT2D eigenvalue weighted by Crippen LogP contribution is -2.11. The molecule has 1 heterocycles. The molecule has 0 unspecified atom stereocenters. The Kier molecular flexibility index (Phi) is 4.25. The lowest BCUT2D eigenvalue weighted by molar-refractivity contribution is 0.103. The number of hydrogen-bond donors (Lipinski definition) is 1. The predicted molar refractivity (Wildman–Crippen MR) is 92.8 cm³/mol. The molecule has 3 aromatic rings. The number of halogens is 2. The molecule has 0 atom stereocenters. The van der Waals surface area contributed by atoms with E-state index in [1.807, 2.05) is 24.3 Å². The Morgan fingerprint density at radius 1 is 1.18 bits per heavy atom. The monoisotopic (exact) mass is 351 g/mol. The summed E-state index contributed by atoms with van der Waals surface area (Å²) in [7, 11) is 1.53. The predicted octanol–water partition coefficient (Wildman–Crippen LogP) is 5.47. The molecule has 0 saturated heterocycles. The van der Waals surface area contributed by atoms with Crippen LogP contribution in [-0.4, -0.2) is 13.0 Å². The van der Waals surface area contributed by atoms with E-state index in [4.69, 9.17) is 27.9 Å². The summed E-state index contributed by atoms with van der Waals surface area (Å²) in [5.74, 6) is 0.252. The van der Waals surface area contributed by atoms with E-state index in [0.29, 0.717) is 26.4 Å². The van der Waals surface area contributed by atoms with Crippen LogP contribution >= 0.6 is 34.5 Å². The lowest BCUT2D eigenvalue weighted by Gasteiger charge is -2.10. The topological polar surface area (TPSA) is 38.3 Å². The number of carbonyl (C=O) groups excluding carboxylic acids is 1. The number of anilines is 1. The summed E-state index contributed by atoms with van der Waals surface area (Å²) >= 11 is 13.6. The third-order valence-electron chi connectivity index (χ3n) is 3.15. The van der Waals surface area contributed by atoms with Gasteiger partial charge in [-0.2, -0.15) is 0 Å². The molecule has 112 valence electrons. The number of carbonyl (C=O) groups is 1. The summed E-state index contributed by atoms with van der Waals surface area (Å²) < 4.78 is 6.19. The van der Waals surface area contributed by atoms with Gasteiger partial charge in [-0.25, -0.2) is 0 Å². The minimum Gasteiger partial charge on any atom is -0.495 e. The van der Waals surface area contributed by atoms with Gasteiger partial charge in [0.15, 0.2) is 0 Å². The van der Waals surface area contributed by atoms with Crippen LogP contribution in [-0.2, 0) is 0 Å². The first-order chi connectivity index (χ1) is 10.6. The molecule has 2 aromatic carbocycles. The second-order valence-corrected chi connectivity index (χ2v) is 6.41. The Bertz CT molecular complexity index is 860. The van der Waals surface area contributed by atoms with Crippen molar-refractivity contribution in [1.82, 2.24) is 0 Å². The highest BCUT2D eigenvalue weighted by molar-refractivity contribution is 7.21. The standard InChI is InChI=1S/C16H11Cl2NO2S/c1-21-12-7-6-9(17)8-11(12)19-16(20)15-14(18)10-4-2-3-5-13(10)22-15/h2-8H,1H3,(H,19,20). The minimum absolute atomic E-state index is 0.285. The van der Waals surface area contributed by atoms with Gasteiger partial charge in [-0.3, -0.25) is 4.79 Å². The van der Waals surface area contributed by atoms with Gasteiger partial charge in [0.25, 0.3) is 5.91 Å². The van der Waals surface area contributed by atoms with Crippen LogP contribution in [0, 0.1) is 0 Å². The zero-order valence-electron chi connectivity index (χ0n) is 11.5. The van der Waals surface area contributed by atoms with E-state index in [2.05, 4.69) is 5.32 Å². The maximum atomic E-state index is 12.5. The normalized spacial score (nSPS) is 10.7. The Hall–Kier alpha value is -1.75. The van der Waals surface area contributed by atoms with Crippen LogP contribution in [0.3, 0.4) is 0 Å². The van der Waals surface area contributed by atoms with E-state index in [-0.39, 0.29) is 5.91 Å². The number of nitrogens with one attached hydrogen (secondary N) is 1. The van der Waals surface area contributed by atoms with Crippen molar-refractivity contribution >= 4 is 56.2 Å². The van der Waals surface area contributed by atoms with Crippen molar-refractivity contribution in [3.63, 3.8) is 0 Å². The maximum absolute atomic E-state index is 12.5. The average molecular weight is 352 g/mol. The molecule has 0 fully saturated rings. The Balaban J connectivity index is 1.97. The highest BCUT2D eigenvalue weighted by Gasteiger charge is 2.18. The summed E-state index contributed by atoms with van der Waals surface area (Å²) in [6, 6.07) is 12.7. The molecular formula is C16H11Cl2NO2S. The van der Waals surface area contributed by atoms with Crippen LogP contribution in [0.2, 0.25) is 10.0 Å². The molecular weight excluding hydrogens is 341 g/mol. The van der Waals surface area contributed by atoms with Gasteiger partial charge in [-0.1, -0.05) is 41.4 Å². The van der Waals surface area contributed by atoms with Crippen molar-refractivity contribution in [3.05, 3.63) is 57.4 Å². The molecule has 3 nitrogen and oxygen atoms in total. The molecule has 1 N–H and O–H groups in total. The summed E-state index contributed by atoms with van der Waals surface area (Å²) in [6.45, 7) is 0. The molecule has 0 saturated carbocycles. The number of rotatable bonds is 3. The van der Waals surface area contributed by atoms with Crippen molar-refractivity contribution in [3.8, 4) is 5.75 Å². The van der Waals surface area contributed by atoms with Crippen molar-refractivity contribution in [2.45, 2.75) is 0 Å². The second kappa shape index (κ2) is 6.16. The van der Waals surface area contributed by atoms with Gasteiger partial charge >= 0.3 is 0 Å². The zero-order valence-corrected chi connectivity index (χ0v) is 13.9. The van der Waals surface area contributed by atoms with Crippen LogP contribution < -0.4 is 10.1 Å². The van der Waals surface area contributed by atoms with E-state index in [1.54, 1.807) is 18.2 Å². The molecule has 22 heavy (non-hydrogen) atoms. The fourth-order valence-electron chi connectivity index (χ4n) is 2.12. The Morgan fingerprint density at radius 2 is 1.95 bits per heavy atom. The van der Waals surface area contributed by atoms with Gasteiger partial charge in [0, 0.05) is 15.1 Å². The minimum atomic E-state index is -0.285. The van der Waals surface area contributed by atoms with Crippen molar-refractivity contribution in [2.24, 2.45) is 0 Å². The van der Waals surface area contributed by atoms with Crippen LogP contribution in [0.4, 0.5) is 5.69 Å². The van der Waals surface area contributed by atoms with Gasteiger partial charge < -0.3 is 10.1 Å². The van der Waals surface area contributed by atoms with E-state index in [9.17, 15) is 4.79 Å². The summed E-state index contributed by atoms with van der Waals surface area (Å²) in [5, 5.41) is 4.64. The highest BCUT2D eigenvalue weighted by atomic mass is 35.5. The Labute approximate surface area is 141 Å². The van der Waals surface area contributed by atoms with E-state index in [1.165, 1.54) is 18.4 Å². The third kappa shape index (κ3) is 2.77. The quantitative estimate of drug-likeness (QED) is 0.679. The van der Waals surface area contributed by atoms with Crippen LogP contribution in [0.25, 0.3) is 10.1 Å². The van der Waals surface area contributed by atoms with Gasteiger partial charge in [-0.15, -0.1) is 11.3 Å². The maximum Gasteiger partial charge on any atom is 0.267 e. The van der Waals surface area contributed by atoms with E-state index >= 15 is 0 Å². The summed E-state index contributed by atoms with van der Waals surface area (Å²) in [4.78, 5) is 13.0. The van der Waals surface area contributed by atoms with Crippen molar-refractivity contribution < 1.29 is 9.53 Å². The van der Waals surface area contributed by atoms with Gasteiger partial charge in [0.1, 0.15) is 10.6 Å². The molecule has 0 aliphatic carbocycles. The third-order valence-corrected chi connectivity index (χ3v) is 5.06. The first kappa shape index (κ1) is 15.2. The molecule has 0 aliphatic heterocycles. The highest BCUT2D eigenvalue weighted by Crippen LogP contribution is 2.36. The smallest absolute Gasteiger partial charge is 0.267 e. The Morgan fingerprint density at radius 3 is 2.68 bits per heavy atom. The fourth-order valence-corrected chi connectivity index (χ4v) is 3.70. The van der Waals surface area contributed by atoms with Crippen LogP contribution in [0.1, 0.15) is 9.67 Å². The molecule has 6 heteroatoms. The van der Waals surface area contributed by atoms with E-state index in [0.717, 1.165) is 10.1 Å². The molecule has 3 rings (SSSR count). The number of ether oxygens (including phenoxy) is 1. The fraction of sp³-hybridized carbons (Fsp3) is 0.0625. The molecule has 0 spiro atoms. The number of thiophene rings is 1. The SMILES string of the molecule is COc1ccc(Cl)cc1NC(=O)c1sc2ccccc2c1Cl. The first-order valence-corrected chi connectivity index (χ1v) is 7.99. The van der Waals surface area contributed by atoms with Gasteiger partial charge in [-0.05, 0) is 24.3 Å². The van der Waals surface area contributed by atoms with Crippen LogP contribution in [0.15, 0.2) is 42.5 Å². The van der Waals surface area contributed by atoms with Crippen molar-refractivity contribution in [2.75, 3.05) is 12.4 Å². The number of amides is 1. The number of fused-ring (bicyclic) bond motifs is 1. The van der Waals surface area contributed by atoms with E-state index < -0.39 is 0 Å². The molecule has 0 radical (unpaired) electrons. The summed E-state index contributed by atoms with van der Waals surface area (Å²) in [6.07, 6.45) is 0. The number of benzene rings is 2. The average Bonchev–Trinajstić information content (AvgIpc) is 2.85. The van der Waals surface area contributed by atoms with Gasteiger partial charge in [0.2, 0.25) is 0 Å². The van der Waals surface area contributed by atoms with Crippen LogP contribution in [0.5, 0.6) is 5.75 Å². The largest absolute Gasteiger partial charge is 0.495 e. The number of hydrogen-bond acceptors (Lipinski definition) is 3. The molecule has 1 aromatic heterocycles. The zero-order chi connectivity index (χ0) is 15.7. The summed E-state index contributed by atoms with van der Waals surface area (Å²) in [5.41, 5.74) is 0.508. The molecule has 0 bridgehead atoms.